The minimum atomic E-state index is -1.09. The Kier molecular flexibility index (Phi) is 6.61. The summed E-state index contributed by atoms with van der Waals surface area (Å²) in [6.45, 7) is -0.457. The Morgan fingerprint density at radius 3 is 2.50 bits per heavy atom. The third-order valence-corrected chi connectivity index (χ3v) is 3.94. The Morgan fingerprint density at radius 2 is 1.88 bits per heavy atom. The van der Waals surface area contributed by atoms with Crippen molar-refractivity contribution in [3.8, 4) is 11.8 Å². The van der Waals surface area contributed by atoms with Crippen LogP contribution in [0.4, 0.5) is 5.69 Å². The van der Waals surface area contributed by atoms with Crippen LogP contribution in [0.2, 0.25) is 10.0 Å². The van der Waals surface area contributed by atoms with Gasteiger partial charge in [-0.2, -0.15) is 5.26 Å². The number of carbonyl (C=O) groups is 2. The maximum Gasteiger partial charge on any atom is 0.341 e. The number of carbonyl (C=O) groups excluding carboxylic acids is 1. The lowest BCUT2D eigenvalue weighted by atomic mass is 10.1. The van der Waals surface area contributed by atoms with E-state index in [1.54, 1.807) is 30.3 Å². The molecule has 0 aliphatic heterocycles. The predicted molar refractivity (Wildman–Crippen MR) is 98.3 cm³/mol. The van der Waals surface area contributed by atoms with Crippen molar-refractivity contribution in [1.29, 1.82) is 5.26 Å². The molecule has 0 aliphatic rings. The Hall–Kier alpha value is -3.01. The molecule has 26 heavy (non-hydrogen) atoms. The molecule has 0 atom stereocenters. The molecule has 1 amide bonds. The van der Waals surface area contributed by atoms with Crippen LogP contribution in [0.1, 0.15) is 5.56 Å². The summed E-state index contributed by atoms with van der Waals surface area (Å²) in [6, 6.07) is 12.8. The molecule has 0 spiro atoms. The van der Waals surface area contributed by atoms with Gasteiger partial charge in [0.2, 0.25) is 0 Å². The number of amides is 1. The van der Waals surface area contributed by atoms with Crippen molar-refractivity contribution < 1.29 is 19.4 Å². The molecule has 0 aromatic heterocycles. The molecule has 6 nitrogen and oxygen atoms in total. The summed E-state index contributed by atoms with van der Waals surface area (Å²) in [5, 5.41) is 20.8. The fourth-order valence-corrected chi connectivity index (χ4v) is 2.26. The van der Waals surface area contributed by atoms with E-state index >= 15 is 0 Å². The van der Waals surface area contributed by atoms with Gasteiger partial charge in [0.15, 0.2) is 6.61 Å². The van der Waals surface area contributed by atoms with Gasteiger partial charge in [0, 0.05) is 0 Å². The zero-order chi connectivity index (χ0) is 19.1. The van der Waals surface area contributed by atoms with Crippen molar-refractivity contribution in [2.24, 2.45) is 0 Å². The molecular weight excluding hydrogens is 379 g/mol. The lowest BCUT2D eigenvalue weighted by molar-refractivity contribution is -0.139. The van der Waals surface area contributed by atoms with E-state index in [0.717, 1.165) is 0 Å². The molecule has 0 aliphatic carbocycles. The third kappa shape index (κ3) is 5.24. The molecule has 2 aromatic rings. The molecule has 0 unspecified atom stereocenters. The van der Waals surface area contributed by atoms with E-state index in [1.807, 2.05) is 6.07 Å². The lowest BCUT2D eigenvalue weighted by Crippen LogP contribution is -2.13. The van der Waals surface area contributed by atoms with Crippen molar-refractivity contribution in [3.05, 3.63) is 63.6 Å². The Bertz CT molecular complexity index is 902. The number of nitrogens with one attached hydrogen (secondary N) is 1. The second kappa shape index (κ2) is 8.90. The van der Waals surface area contributed by atoms with E-state index in [9.17, 15) is 14.9 Å². The first kappa shape index (κ1) is 19.3. The van der Waals surface area contributed by atoms with Crippen LogP contribution in [0.3, 0.4) is 0 Å². The highest BCUT2D eigenvalue weighted by Gasteiger charge is 2.12. The fraction of sp³-hybridized carbons (Fsp3) is 0.0556. The number of carboxylic acids is 1. The minimum Gasteiger partial charge on any atom is -0.482 e. The quantitative estimate of drug-likeness (QED) is 0.573. The van der Waals surface area contributed by atoms with Gasteiger partial charge in [0.1, 0.15) is 17.4 Å². The van der Waals surface area contributed by atoms with Crippen LogP contribution in [0.5, 0.6) is 5.75 Å². The fourth-order valence-electron chi connectivity index (χ4n) is 1.91. The summed E-state index contributed by atoms with van der Waals surface area (Å²) in [6.07, 6.45) is 1.38. The lowest BCUT2D eigenvalue weighted by Gasteiger charge is -2.07. The van der Waals surface area contributed by atoms with Gasteiger partial charge in [-0.3, -0.25) is 4.79 Å². The van der Waals surface area contributed by atoms with Crippen LogP contribution >= 0.6 is 23.2 Å². The zero-order valence-corrected chi connectivity index (χ0v) is 14.7. The molecule has 0 fully saturated rings. The zero-order valence-electron chi connectivity index (χ0n) is 13.2. The van der Waals surface area contributed by atoms with Crippen LogP contribution in [-0.4, -0.2) is 23.6 Å². The number of rotatable bonds is 6. The summed E-state index contributed by atoms with van der Waals surface area (Å²) < 4.78 is 5.01. The number of benzene rings is 2. The first-order valence-electron chi connectivity index (χ1n) is 7.22. The average Bonchev–Trinajstić information content (AvgIpc) is 2.62. The van der Waals surface area contributed by atoms with Crippen LogP contribution in [-0.2, 0) is 9.59 Å². The van der Waals surface area contributed by atoms with Gasteiger partial charge in [-0.15, -0.1) is 0 Å². The number of hydrogen-bond acceptors (Lipinski definition) is 4. The van der Waals surface area contributed by atoms with Crippen molar-refractivity contribution in [3.63, 3.8) is 0 Å². The van der Waals surface area contributed by atoms with E-state index in [1.165, 1.54) is 18.2 Å². The number of aliphatic carboxylic acids is 1. The number of nitrogens with zero attached hydrogens (tertiary/aromatic N) is 1. The van der Waals surface area contributed by atoms with Gasteiger partial charge < -0.3 is 15.2 Å². The van der Waals surface area contributed by atoms with Crippen molar-refractivity contribution in [2.75, 3.05) is 11.9 Å². The molecule has 0 radical (unpaired) electrons. The largest absolute Gasteiger partial charge is 0.482 e. The Morgan fingerprint density at radius 1 is 1.19 bits per heavy atom. The van der Waals surface area contributed by atoms with Crippen molar-refractivity contribution >= 4 is 46.8 Å². The van der Waals surface area contributed by atoms with Crippen LogP contribution in [0.15, 0.2) is 48.0 Å². The smallest absolute Gasteiger partial charge is 0.341 e. The number of carboxylic acid groups (broad SMARTS) is 1. The van der Waals surface area contributed by atoms with Gasteiger partial charge in [-0.05, 0) is 35.9 Å². The normalized spacial score (nSPS) is 10.7. The number of hydrogen-bond donors (Lipinski definition) is 2. The topological polar surface area (TPSA) is 99.4 Å². The SMILES string of the molecule is N#C/C(=C\c1ccc(OCC(=O)O)cc1)C(=O)Nc1cccc(Cl)c1Cl. The van der Waals surface area contributed by atoms with Crippen molar-refractivity contribution in [2.45, 2.75) is 0 Å². The highest BCUT2D eigenvalue weighted by atomic mass is 35.5. The molecule has 0 saturated heterocycles. The predicted octanol–water partition coefficient (Wildman–Crippen LogP) is 4.00. The van der Waals surface area contributed by atoms with Gasteiger partial charge in [0.05, 0.1) is 15.7 Å². The summed E-state index contributed by atoms with van der Waals surface area (Å²) in [4.78, 5) is 22.7. The highest BCUT2D eigenvalue weighted by Crippen LogP contribution is 2.29. The molecule has 132 valence electrons. The number of ether oxygens (including phenoxy) is 1. The van der Waals surface area contributed by atoms with E-state index < -0.39 is 18.5 Å². The number of halogens is 2. The third-order valence-electron chi connectivity index (χ3n) is 3.12. The van der Waals surface area contributed by atoms with E-state index in [2.05, 4.69) is 5.32 Å². The summed E-state index contributed by atoms with van der Waals surface area (Å²) >= 11 is 11.9. The van der Waals surface area contributed by atoms with Gasteiger partial charge in [-0.1, -0.05) is 41.4 Å². The van der Waals surface area contributed by atoms with Crippen LogP contribution in [0.25, 0.3) is 6.08 Å². The molecule has 0 saturated carbocycles. The average molecular weight is 391 g/mol. The first-order valence-corrected chi connectivity index (χ1v) is 7.98. The molecule has 8 heteroatoms. The molecule has 2 aromatic carbocycles. The number of anilines is 1. The highest BCUT2D eigenvalue weighted by molar-refractivity contribution is 6.44. The monoisotopic (exact) mass is 390 g/mol. The summed E-state index contributed by atoms with van der Waals surface area (Å²) in [7, 11) is 0. The number of nitriles is 1. The van der Waals surface area contributed by atoms with Crippen LogP contribution in [0, 0.1) is 11.3 Å². The molecule has 2 N–H and O–H groups in total. The molecule has 0 bridgehead atoms. The van der Waals surface area contributed by atoms with Gasteiger partial charge in [-0.25, -0.2) is 4.79 Å². The maximum atomic E-state index is 12.3. The van der Waals surface area contributed by atoms with E-state index in [0.29, 0.717) is 17.0 Å². The molecule has 0 heterocycles. The van der Waals surface area contributed by atoms with E-state index in [4.69, 9.17) is 33.0 Å². The standard InChI is InChI=1S/C18H12Cl2N2O4/c19-14-2-1-3-15(17(14)20)22-18(25)12(9-21)8-11-4-6-13(7-5-11)26-10-16(23)24/h1-8H,10H2,(H,22,25)(H,23,24)/b12-8+. The maximum absolute atomic E-state index is 12.3. The summed E-state index contributed by atoms with van der Waals surface area (Å²) in [5.74, 6) is -1.36. The Balaban J connectivity index is 2.14. The summed E-state index contributed by atoms with van der Waals surface area (Å²) in [5.41, 5.74) is 0.722. The minimum absolute atomic E-state index is 0.139. The Labute approximate surface area is 159 Å². The van der Waals surface area contributed by atoms with Crippen molar-refractivity contribution in [1.82, 2.24) is 0 Å². The first-order chi connectivity index (χ1) is 12.4. The van der Waals surface area contributed by atoms with E-state index in [-0.39, 0.29) is 15.6 Å². The second-order valence-corrected chi connectivity index (χ2v) is 5.76. The van der Waals surface area contributed by atoms with Gasteiger partial charge in [0.25, 0.3) is 5.91 Å². The van der Waals surface area contributed by atoms with Crippen LogP contribution < -0.4 is 10.1 Å². The second-order valence-electron chi connectivity index (χ2n) is 4.98. The molecule has 2 rings (SSSR count). The van der Waals surface area contributed by atoms with Gasteiger partial charge >= 0.3 is 5.97 Å². The molecular formula is C18H12Cl2N2O4.